The zero-order chi connectivity index (χ0) is 23.9. The maximum absolute atomic E-state index is 13.8. The molecule has 1 aromatic heterocycles. The highest BCUT2D eigenvalue weighted by Gasteiger charge is 2.58. The Hall–Kier alpha value is -3.06. The number of carbonyl (C=O) groups excluding carboxylic acids is 1. The van der Waals surface area contributed by atoms with E-state index in [0.29, 0.717) is 50.3 Å². The number of para-hydroxylation sites is 1. The number of amides is 2. The number of carbonyl (C=O) groups is 2. The first-order valence-corrected chi connectivity index (χ1v) is 12.0. The van der Waals surface area contributed by atoms with Crippen LogP contribution in [0.1, 0.15) is 36.9 Å². The van der Waals surface area contributed by atoms with E-state index in [-0.39, 0.29) is 18.5 Å². The molecular weight excluding hydrogens is 457 g/mol. The van der Waals surface area contributed by atoms with Gasteiger partial charge in [-0.15, -0.1) is 0 Å². The van der Waals surface area contributed by atoms with E-state index in [1.165, 1.54) is 0 Å². The van der Waals surface area contributed by atoms with E-state index >= 15 is 0 Å². The molecule has 1 aliphatic carbocycles. The number of hydrogen-bond donors (Lipinski definition) is 2. The van der Waals surface area contributed by atoms with Crippen LogP contribution in [-0.2, 0) is 23.3 Å². The highest BCUT2D eigenvalue weighted by atomic mass is 35.5. The molecule has 5 rings (SSSR count). The second kappa shape index (κ2) is 8.95. The molecule has 1 spiro atoms. The molecule has 1 aliphatic heterocycles. The highest BCUT2D eigenvalue weighted by Crippen LogP contribution is 2.56. The van der Waals surface area contributed by atoms with Crippen molar-refractivity contribution in [2.45, 2.75) is 44.2 Å². The monoisotopic (exact) mass is 483 g/mol. The molecule has 2 amide bonds. The lowest BCUT2D eigenvalue weighted by Crippen LogP contribution is -2.52. The number of hydrogen-bond acceptors (Lipinski definition) is 2. The molecule has 0 atom stereocenters. The van der Waals surface area contributed by atoms with Gasteiger partial charge < -0.3 is 19.9 Å². The van der Waals surface area contributed by atoms with Gasteiger partial charge in [-0.2, -0.15) is 0 Å². The molecule has 34 heavy (non-hydrogen) atoms. The van der Waals surface area contributed by atoms with Gasteiger partial charge in [-0.3, -0.25) is 9.18 Å². The lowest BCUT2D eigenvalue weighted by atomic mass is 9.59. The zero-order valence-corrected chi connectivity index (χ0v) is 19.5. The van der Waals surface area contributed by atoms with Crippen LogP contribution in [-0.4, -0.2) is 34.9 Å². The number of nitrogens with zero attached hydrogens (tertiary/aromatic N) is 2. The number of nitrogens with one attached hydrogen (secondary N) is 1. The van der Waals surface area contributed by atoms with Crippen LogP contribution in [0.5, 0.6) is 0 Å². The number of anilines is 1. The van der Waals surface area contributed by atoms with E-state index in [0.717, 1.165) is 27.8 Å². The maximum atomic E-state index is 13.8. The average Bonchev–Trinajstić information content (AvgIpc) is 3.24. The van der Waals surface area contributed by atoms with Crippen molar-refractivity contribution in [3.63, 3.8) is 0 Å². The van der Waals surface area contributed by atoms with Gasteiger partial charge in [0.15, 0.2) is 0 Å². The third-order valence-electron chi connectivity index (χ3n) is 7.22. The Morgan fingerprint density at radius 3 is 2.74 bits per heavy atom. The minimum Gasteiger partial charge on any atom is -0.465 e. The molecule has 1 saturated carbocycles. The van der Waals surface area contributed by atoms with Gasteiger partial charge in [0.05, 0.1) is 18.6 Å². The number of rotatable bonds is 8. The number of fused-ring (bicyclic) bond motifs is 3. The van der Waals surface area contributed by atoms with Crippen LogP contribution in [0, 0.1) is 5.92 Å². The van der Waals surface area contributed by atoms with Crippen molar-refractivity contribution in [3.8, 4) is 0 Å². The fourth-order valence-corrected chi connectivity index (χ4v) is 5.85. The van der Waals surface area contributed by atoms with Crippen molar-refractivity contribution >= 4 is 40.2 Å². The Labute approximate surface area is 202 Å². The number of halogens is 2. The maximum Gasteiger partial charge on any atom is 0.404 e. The molecule has 1 fully saturated rings. The van der Waals surface area contributed by atoms with Crippen LogP contribution >= 0.6 is 11.6 Å². The topological polar surface area (TPSA) is 74.6 Å². The summed E-state index contributed by atoms with van der Waals surface area (Å²) in [6, 6.07) is 15.7. The molecule has 8 heteroatoms. The number of aromatic nitrogens is 1. The van der Waals surface area contributed by atoms with Crippen molar-refractivity contribution in [2.24, 2.45) is 5.92 Å². The van der Waals surface area contributed by atoms with Crippen LogP contribution in [0.25, 0.3) is 10.9 Å². The minimum absolute atomic E-state index is 0.0684. The second-order valence-corrected chi connectivity index (χ2v) is 9.77. The summed E-state index contributed by atoms with van der Waals surface area (Å²) >= 11 is 6.22. The molecule has 3 aromatic rings. The lowest BCUT2D eigenvalue weighted by molar-refractivity contribution is -0.128. The summed E-state index contributed by atoms with van der Waals surface area (Å²) in [6.45, 7) is 1.09. The van der Waals surface area contributed by atoms with Crippen LogP contribution in [0.15, 0.2) is 48.5 Å². The van der Waals surface area contributed by atoms with Crippen molar-refractivity contribution in [1.82, 2.24) is 9.88 Å². The molecule has 0 radical (unpaired) electrons. The quantitative estimate of drug-likeness (QED) is 0.415. The van der Waals surface area contributed by atoms with Crippen molar-refractivity contribution < 1.29 is 19.1 Å². The largest absolute Gasteiger partial charge is 0.465 e. The fraction of sp³-hybridized carbons (Fsp3) is 0.385. The summed E-state index contributed by atoms with van der Waals surface area (Å²) in [7, 11) is 0. The van der Waals surface area contributed by atoms with Gasteiger partial charge in [-0.25, -0.2) is 4.79 Å². The predicted octanol–water partition coefficient (Wildman–Crippen LogP) is 5.51. The van der Waals surface area contributed by atoms with Gasteiger partial charge >= 0.3 is 6.09 Å². The summed E-state index contributed by atoms with van der Waals surface area (Å²) < 4.78 is 14.9. The van der Waals surface area contributed by atoms with Crippen LogP contribution in [0.4, 0.5) is 14.9 Å². The first-order chi connectivity index (χ1) is 16.4. The van der Waals surface area contributed by atoms with E-state index in [2.05, 4.69) is 16.0 Å². The zero-order valence-electron chi connectivity index (χ0n) is 18.8. The van der Waals surface area contributed by atoms with E-state index in [1.54, 1.807) is 0 Å². The van der Waals surface area contributed by atoms with E-state index in [9.17, 15) is 14.0 Å². The summed E-state index contributed by atoms with van der Waals surface area (Å²) in [6.07, 6.45) is 1.43. The first-order valence-electron chi connectivity index (χ1n) is 11.6. The van der Waals surface area contributed by atoms with Crippen molar-refractivity contribution in [2.75, 3.05) is 18.1 Å². The normalized spacial score (nSPS) is 21.2. The molecule has 0 unspecified atom stereocenters. The van der Waals surface area contributed by atoms with Gasteiger partial charge in [-0.05, 0) is 67.5 Å². The molecule has 178 valence electrons. The molecule has 2 heterocycles. The Morgan fingerprint density at radius 2 is 1.97 bits per heavy atom. The minimum atomic E-state index is -1.04. The third-order valence-corrected chi connectivity index (χ3v) is 7.45. The van der Waals surface area contributed by atoms with E-state index < -0.39 is 11.5 Å². The smallest absolute Gasteiger partial charge is 0.404 e. The van der Waals surface area contributed by atoms with Crippen LogP contribution < -0.4 is 10.2 Å². The molecule has 6 nitrogen and oxygen atoms in total. The van der Waals surface area contributed by atoms with Crippen LogP contribution in [0.3, 0.4) is 0 Å². The summed E-state index contributed by atoms with van der Waals surface area (Å²) in [5.41, 5.74) is 3.36. The molecule has 2 aromatic carbocycles. The van der Waals surface area contributed by atoms with Crippen LogP contribution in [0.2, 0.25) is 5.02 Å². The van der Waals surface area contributed by atoms with Gasteiger partial charge in [0.25, 0.3) is 0 Å². The Balaban J connectivity index is 1.45. The Morgan fingerprint density at radius 1 is 1.18 bits per heavy atom. The summed E-state index contributed by atoms with van der Waals surface area (Å²) in [5.74, 6) is 0.209. The second-order valence-electron chi connectivity index (χ2n) is 9.34. The third kappa shape index (κ3) is 3.82. The SMILES string of the molecule is O=C(O)NCC1CC2(C1)C(=O)N(Cc1cc3cc(Cl)ccc3n1CCCCF)c1ccccc12. The Kier molecular flexibility index (Phi) is 5.98. The molecule has 2 N–H and O–H groups in total. The summed E-state index contributed by atoms with van der Waals surface area (Å²) in [4.78, 5) is 26.5. The summed E-state index contributed by atoms with van der Waals surface area (Å²) in [5, 5.41) is 13.0. The molecule has 2 aliphatic rings. The van der Waals surface area contributed by atoms with Gasteiger partial charge in [0.2, 0.25) is 5.91 Å². The van der Waals surface area contributed by atoms with Gasteiger partial charge in [0.1, 0.15) is 0 Å². The number of benzene rings is 2. The van der Waals surface area contributed by atoms with Crippen molar-refractivity contribution in [1.29, 1.82) is 0 Å². The van der Waals surface area contributed by atoms with Gasteiger partial charge in [0, 0.05) is 40.4 Å². The Bertz CT molecular complexity index is 1250. The highest BCUT2D eigenvalue weighted by molar-refractivity contribution is 6.31. The first kappa shape index (κ1) is 22.7. The molecular formula is C26H27ClFN3O3. The van der Waals surface area contributed by atoms with E-state index in [1.807, 2.05) is 47.4 Å². The lowest BCUT2D eigenvalue weighted by Gasteiger charge is -2.44. The number of carboxylic acid groups (broad SMARTS) is 1. The molecule has 0 bridgehead atoms. The van der Waals surface area contributed by atoms with E-state index in [4.69, 9.17) is 16.7 Å². The predicted molar refractivity (Wildman–Crippen MR) is 130 cm³/mol. The standard InChI is InChI=1S/C26H27ClFN3O3/c27-19-7-8-22-18(11-19)12-20(30(22)10-4-3-9-28)16-31-23-6-2-1-5-21(23)26(24(31)32)13-17(14-26)15-29-25(33)34/h1-2,5-8,11-12,17,29H,3-4,9-10,13-16H2,(H,33,34). The number of aryl methyl sites for hydroxylation is 1. The number of alkyl halides is 1. The number of unbranched alkanes of at least 4 members (excludes halogenated alkanes) is 1. The van der Waals surface area contributed by atoms with Crippen molar-refractivity contribution in [3.05, 3.63) is 64.8 Å². The fourth-order valence-electron chi connectivity index (χ4n) is 5.67. The molecule has 0 saturated heterocycles. The average molecular weight is 484 g/mol. The van der Waals surface area contributed by atoms with Gasteiger partial charge in [-0.1, -0.05) is 29.8 Å².